The fourth-order valence-corrected chi connectivity index (χ4v) is 6.03. The molecule has 2 aromatic heterocycles. The van der Waals surface area contributed by atoms with E-state index in [1.165, 1.54) is 12.1 Å². The van der Waals surface area contributed by atoms with E-state index < -0.39 is 0 Å². The molecule has 1 atom stereocenters. The Hall–Kier alpha value is -3.11. The van der Waals surface area contributed by atoms with Gasteiger partial charge in [0.05, 0.1) is 5.69 Å². The Morgan fingerprint density at radius 2 is 2.00 bits per heavy atom. The molecular formula is C30H40FN5O4. The van der Waals surface area contributed by atoms with Crippen LogP contribution in [0.2, 0.25) is 0 Å². The van der Waals surface area contributed by atoms with Crippen LogP contribution in [-0.4, -0.2) is 58.8 Å². The normalized spacial score (nSPS) is 18.2. The second-order valence-electron chi connectivity index (χ2n) is 11.1. The number of unbranched alkanes of at least 4 members (excludes halogenated alkanes) is 2. The minimum Gasteiger partial charge on any atom is -0.370 e. The highest BCUT2D eigenvalue weighted by Gasteiger charge is 2.28. The first-order valence-corrected chi connectivity index (χ1v) is 14.6. The first-order chi connectivity index (χ1) is 19.4. The summed E-state index contributed by atoms with van der Waals surface area (Å²) in [5.41, 5.74) is 3.08. The number of ether oxygens (including phenoxy) is 1. The third-order valence-corrected chi connectivity index (χ3v) is 8.40. The van der Waals surface area contributed by atoms with Gasteiger partial charge in [-0.05, 0) is 77.1 Å². The number of nitrogens with one attached hydrogen (secondary N) is 1. The minimum absolute atomic E-state index is 0.0672. The molecule has 0 spiro atoms. The Morgan fingerprint density at radius 1 is 1.18 bits per heavy atom. The first kappa shape index (κ1) is 28.4. The van der Waals surface area contributed by atoms with Crippen molar-refractivity contribution in [2.24, 2.45) is 0 Å². The van der Waals surface area contributed by atoms with Crippen LogP contribution in [0.3, 0.4) is 0 Å². The van der Waals surface area contributed by atoms with E-state index in [-0.39, 0.29) is 29.3 Å². The molecule has 2 aliphatic rings. The van der Waals surface area contributed by atoms with Crippen molar-refractivity contribution in [1.82, 2.24) is 24.9 Å². The summed E-state index contributed by atoms with van der Waals surface area (Å²) in [7, 11) is 1.66. The standard InChI is InChI=1S/C30H40FN5O4/c1-20-23(13-17-35-15-11-21(12-16-35)28-24-10-9-22(31)19-26(24)40-34-28)30(38)36-14-6-7-25(29(36)33-20)39-18-5-3-4-8-27(37)32-2/h9-10,19,21,25H,3-8,11-18H2,1-2H3,(H,32,37). The summed E-state index contributed by atoms with van der Waals surface area (Å²) in [5, 5.41) is 7.79. The van der Waals surface area contributed by atoms with Crippen molar-refractivity contribution < 1.29 is 18.4 Å². The summed E-state index contributed by atoms with van der Waals surface area (Å²) in [5.74, 6) is 0.791. The number of hydrogen-bond acceptors (Lipinski definition) is 7. The van der Waals surface area contributed by atoms with Gasteiger partial charge in [-0.3, -0.25) is 14.2 Å². The summed E-state index contributed by atoms with van der Waals surface area (Å²) in [4.78, 5) is 32.1. The van der Waals surface area contributed by atoms with Crippen molar-refractivity contribution in [3.8, 4) is 0 Å². The average molecular weight is 554 g/mol. The van der Waals surface area contributed by atoms with Gasteiger partial charge in [-0.25, -0.2) is 9.37 Å². The fourth-order valence-electron chi connectivity index (χ4n) is 6.03. The highest BCUT2D eigenvalue weighted by Crippen LogP contribution is 2.33. The summed E-state index contributed by atoms with van der Waals surface area (Å²) in [6.07, 6.45) is 7.39. The Bertz CT molecular complexity index is 1380. The van der Waals surface area contributed by atoms with Crippen LogP contribution in [-0.2, 0) is 22.5 Å². The summed E-state index contributed by atoms with van der Waals surface area (Å²) >= 11 is 0. The van der Waals surface area contributed by atoms with Gasteiger partial charge >= 0.3 is 0 Å². The van der Waals surface area contributed by atoms with Crippen molar-refractivity contribution in [3.63, 3.8) is 0 Å². The number of halogens is 1. The van der Waals surface area contributed by atoms with Crippen molar-refractivity contribution >= 4 is 16.9 Å². The molecule has 3 aromatic rings. The number of hydrogen-bond donors (Lipinski definition) is 1. The quantitative estimate of drug-likeness (QED) is 0.351. The molecule has 216 valence electrons. The lowest BCUT2D eigenvalue weighted by molar-refractivity contribution is -0.120. The largest absolute Gasteiger partial charge is 0.370 e. The molecule has 5 rings (SSSR count). The van der Waals surface area contributed by atoms with E-state index in [0.29, 0.717) is 31.6 Å². The highest BCUT2D eigenvalue weighted by atomic mass is 19.1. The number of aryl methyl sites for hydroxylation is 1. The Kier molecular flexibility index (Phi) is 9.26. The van der Waals surface area contributed by atoms with Crippen molar-refractivity contribution in [1.29, 1.82) is 0 Å². The number of amides is 1. The van der Waals surface area contributed by atoms with Crippen LogP contribution in [0.5, 0.6) is 0 Å². The predicted molar refractivity (Wildman–Crippen MR) is 150 cm³/mol. The molecule has 2 aliphatic heterocycles. The van der Waals surface area contributed by atoms with Gasteiger partial charge in [-0.2, -0.15) is 0 Å². The van der Waals surface area contributed by atoms with Gasteiger partial charge in [0.2, 0.25) is 5.91 Å². The van der Waals surface area contributed by atoms with Crippen LogP contribution in [0, 0.1) is 12.7 Å². The number of likely N-dealkylation sites (tertiary alicyclic amines) is 1. The number of aromatic nitrogens is 3. The maximum atomic E-state index is 13.5. The van der Waals surface area contributed by atoms with E-state index in [2.05, 4.69) is 15.4 Å². The van der Waals surface area contributed by atoms with E-state index in [1.807, 2.05) is 11.5 Å². The molecule has 1 fully saturated rings. The number of carbonyl (C=O) groups excluding carboxylic acids is 1. The minimum atomic E-state index is -0.318. The highest BCUT2D eigenvalue weighted by molar-refractivity contribution is 5.80. The van der Waals surface area contributed by atoms with E-state index in [4.69, 9.17) is 14.2 Å². The van der Waals surface area contributed by atoms with E-state index >= 15 is 0 Å². The molecule has 0 radical (unpaired) electrons. The van der Waals surface area contributed by atoms with Crippen LogP contribution < -0.4 is 10.9 Å². The SMILES string of the molecule is CNC(=O)CCCCCOC1CCCn2c1nc(C)c(CCN1CCC(c3noc4cc(F)ccc34)CC1)c2=O. The molecule has 1 N–H and O–H groups in total. The fraction of sp³-hybridized carbons (Fsp3) is 0.600. The zero-order valence-electron chi connectivity index (χ0n) is 23.6. The third-order valence-electron chi connectivity index (χ3n) is 8.40. The van der Waals surface area contributed by atoms with Gasteiger partial charge in [-0.15, -0.1) is 0 Å². The van der Waals surface area contributed by atoms with Crippen molar-refractivity contribution in [2.45, 2.75) is 83.3 Å². The smallest absolute Gasteiger partial charge is 0.257 e. The van der Waals surface area contributed by atoms with Crippen LogP contribution in [0.15, 0.2) is 27.5 Å². The molecule has 40 heavy (non-hydrogen) atoms. The Morgan fingerprint density at radius 3 is 2.80 bits per heavy atom. The van der Waals surface area contributed by atoms with Crippen LogP contribution in [0.1, 0.15) is 86.2 Å². The number of benzene rings is 1. The van der Waals surface area contributed by atoms with Gasteiger partial charge < -0.3 is 19.5 Å². The van der Waals surface area contributed by atoms with E-state index in [9.17, 15) is 14.0 Å². The number of fused-ring (bicyclic) bond motifs is 2. The molecule has 1 aromatic carbocycles. The van der Waals surface area contributed by atoms with Crippen molar-refractivity contribution in [3.05, 3.63) is 57.1 Å². The van der Waals surface area contributed by atoms with Gasteiger partial charge in [0, 0.05) is 61.8 Å². The van der Waals surface area contributed by atoms with E-state index in [1.54, 1.807) is 13.1 Å². The number of carbonyl (C=O) groups is 1. The molecule has 1 amide bonds. The lowest BCUT2D eigenvalue weighted by Gasteiger charge is -2.31. The van der Waals surface area contributed by atoms with Gasteiger partial charge in [0.15, 0.2) is 5.58 Å². The summed E-state index contributed by atoms with van der Waals surface area (Å²) in [6.45, 7) is 5.86. The molecule has 0 bridgehead atoms. The maximum absolute atomic E-state index is 13.5. The summed E-state index contributed by atoms with van der Waals surface area (Å²) in [6, 6.07) is 4.60. The Balaban J connectivity index is 1.14. The monoisotopic (exact) mass is 553 g/mol. The lowest BCUT2D eigenvalue weighted by Crippen LogP contribution is -2.38. The Labute approximate surface area is 234 Å². The van der Waals surface area contributed by atoms with Crippen LogP contribution in [0.25, 0.3) is 11.0 Å². The van der Waals surface area contributed by atoms with E-state index in [0.717, 1.165) is 92.7 Å². The van der Waals surface area contributed by atoms with Crippen LogP contribution >= 0.6 is 0 Å². The molecule has 0 aliphatic carbocycles. The van der Waals surface area contributed by atoms with Crippen molar-refractivity contribution in [2.75, 3.05) is 33.3 Å². The molecule has 1 unspecified atom stereocenters. The van der Waals surface area contributed by atoms with Gasteiger partial charge in [0.25, 0.3) is 5.56 Å². The van der Waals surface area contributed by atoms with Gasteiger partial charge in [0.1, 0.15) is 17.7 Å². The molecule has 10 heteroatoms. The molecule has 9 nitrogen and oxygen atoms in total. The van der Waals surface area contributed by atoms with Crippen LogP contribution in [0.4, 0.5) is 4.39 Å². The molecule has 4 heterocycles. The first-order valence-electron chi connectivity index (χ1n) is 14.6. The number of piperidine rings is 1. The third kappa shape index (κ3) is 6.44. The molecule has 1 saturated heterocycles. The molecule has 0 saturated carbocycles. The molecular weight excluding hydrogens is 513 g/mol. The lowest BCUT2D eigenvalue weighted by atomic mass is 9.91. The zero-order valence-corrected chi connectivity index (χ0v) is 23.6. The van der Waals surface area contributed by atoms with Gasteiger partial charge in [-0.1, -0.05) is 11.6 Å². The predicted octanol–water partition coefficient (Wildman–Crippen LogP) is 4.41. The second-order valence-corrected chi connectivity index (χ2v) is 11.1. The zero-order chi connectivity index (χ0) is 28.1. The second kappa shape index (κ2) is 13.0. The number of rotatable bonds is 11. The average Bonchev–Trinajstić information content (AvgIpc) is 3.38. The number of nitrogens with zero attached hydrogens (tertiary/aromatic N) is 4. The summed E-state index contributed by atoms with van der Waals surface area (Å²) < 4.78 is 26.9. The maximum Gasteiger partial charge on any atom is 0.257 e. The topological polar surface area (TPSA) is 102 Å².